The molecule has 3 N–H and O–H groups in total. The quantitative estimate of drug-likeness (QED) is 0.476. The van der Waals surface area contributed by atoms with Gasteiger partial charge in [-0.3, -0.25) is 9.59 Å². The number of hydrogen-bond donors (Lipinski definition) is 2. The van der Waals surface area contributed by atoms with Crippen molar-refractivity contribution in [2.45, 2.75) is 13.3 Å². The van der Waals surface area contributed by atoms with Crippen molar-refractivity contribution in [3.05, 3.63) is 81.9 Å². The van der Waals surface area contributed by atoms with Crippen LogP contribution in [0.25, 0.3) is 0 Å². The van der Waals surface area contributed by atoms with Crippen molar-refractivity contribution in [3.8, 4) is 17.2 Å². The first-order valence-electron chi connectivity index (χ1n) is 10.2. The van der Waals surface area contributed by atoms with Gasteiger partial charge < -0.3 is 25.3 Å². The monoisotopic (exact) mass is 468 g/mol. The predicted molar refractivity (Wildman–Crippen MR) is 128 cm³/mol. The number of benzene rings is 3. The molecule has 0 aliphatic carbocycles. The molecule has 0 aromatic heterocycles. The Labute approximate surface area is 197 Å². The molecule has 33 heavy (non-hydrogen) atoms. The number of halogens is 1. The van der Waals surface area contributed by atoms with Crippen molar-refractivity contribution in [2.24, 2.45) is 5.73 Å². The van der Waals surface area contributed by atoms with Crippen LogP contribution in [0, 0.1) is 6.92 Å². The van der Waals surface area contributed by atoms with E-state index in [0.29, 0.717) is 51.1 Å². The van der Waals surface area contributed by atoms with E-state index in [1.807, 2.05) is 6.92 Å². The zero-order valence-corrected chi connectivity index (χ0v) is 19.4. The number of carbonyl (C=O) groups excluding carboxylic acids is 2. The average molecular weight is 469 g/mol. The molecule has 7 nitrogen and oxygen atoms in total. The molecular formula is C25H25ClN2O5. The topological polar surface area (TPSA) is 99.9 Å². The van der Waals surface area contributed by atoms with Gasteiger partial charge in [-0.1, -0.05) is 17.7 Å². The third-order valence-electron chi connectivity index (χ3n) is 5.11. The highest BCUT2D eigenvalue weighted by Gasteiger charge is 2.19. The summed E-state index contributed by atoms with van der Waals surface area (Å²) in [6, 6.07) is 15.2. The van der Waals surface area contributed by atoms with E-state index in [4.69, 9.17) is 31.5 Å². The lowest BCUT2D eigenvalue weighted by Crippen LogP contribution is -2.20. The van der Waals surface area contributed by atoms with Crippen molar-refractivity contribution in [2.75, 3.05) is 26.1 Å². The molecule has 0 fully saturated rings. The fourth-order valence-electron chi connectivity index (χ4n) is 3.39. The van der Waals surface area contributed by atoms with Gasteiger partial charge in [0.15, 0.2) is 11.5 Å². The summed E-state index contributed by atoms with van der Waals surface area (Å²) < 4.78 is 16.3. The minimum absolute atomic E-state index is 0.268. The zero-order chi connectivity index (χ0) is 24.0. The summed E-state index contributed by atoms with van der Waals surface area (Å²) in [5, 5.41) is 3.53. The minimum atomic E-state index is -0.585. The maximum absolute atomic E-state index is 13.0. The van der Waals surface area contributed by atoms with Gasteiger partial charge in [0.1, 0.15) is 5.75 Å². The molecule has 0 aliphatic heterocycles. The van der Waals surface area contributed by atoms with Gasteiger partial charge in [-0.25, -0.2) is 0 Å². The van der Waals surface area contributed by atoms with Crippen molar-refractivity contribution < 1.29 is 23.8 Å². The molecule has 172 valence electrons. The number of aryl methyl sites for hydroxylation is 1. The van der Waals surface area contributed by atoms with E-state index in [-0.39, 0.29) is 12.5 Å². The van der Waals surface area contributed by atoms with Crippen LogP contribution >= 0.6 is 11.6 Å². The van der Waals surface area contributed by atoms with E-state index in [2.05, 4.69) is 5.32 Å². The maximum atomic E-state index is 13.0. The SMILES string of the molecule is COc1ccc(C(=O)Nc2c(C)ccc(C(N)=O)c2CCOc2ccc(Cl)cc2)cc1OC. The Morgan fingerprint density at radius 3 is 2.30 bits per heavy atom. The van der Waals surface area contributed by atoms with Crippen molar-refractivity contribution in [1.29, 1.82) is 0 Å². The largest absolute Gasteiger partial charge is 0.493 e. The van der Waals surface area contributed by atoms with E-state index >= 15 is 0 Å². The average Bonchev–Trinajstić information content (AvgIpc) is 2.81. The van der Waals surface area contributed by atoms with Crippen LogP contribution < -0.4 is 25.3 Å². The predicted octanol–water partition coefficient (Wildman–Crippen LogP) is 4.64. The fourth-order valence-corrected chi connectivity index (χ4v) is 3.52. The number of ether oxygens (including phenoxy) is 3. The molecule has 0 spiro atoms. The van der Waals surface area contributed by atoms with Crippen LogP contribution in [-0.4, -0.2) is 32.6 Å². The van der Waals surface area contributed by atoms with Crippen molar-refractivity contribution >= 4 is 29.1 Å². The van der Waals surface area contributed by atoms with Crippen LogP contribution in [0.5, 0.6) is 17.2 Å². The standard InChI is InChI=1S/C25H25ClN2O5/c1-15-4-10-20(24(27)29)19(12-13-33-18-8-6-17(26)7-9-18)23(15)28-25(30)16-5-11-21(31-2)22(14-16)32-3/h4-11,14H,12-13H2,1-3H3,(H2,27,29)(H,28,30). The van der Waals surface area contributed by atoms with Crippen molar-refractivity contribution in [1.82, 2.24) is 0 Å². The second-order valence-electron chi connectivity index (χ2n) is 7.22. The zero-order valence-electron chi connectivity index (χ0n) is 18.6. The maximum Gasteiger partial charge on any atom is 0.255 e. The molecule has 0 saturated carbocycles. The number of nitrogens with two attached hydrogens (primary N) is 1. The summed E-state index contributed by atoms with van der Waals surface area (Å²) in [5.41, 5.74) is 8.21. The van der Waals surface area contributed by atoms with E-state index in [0.717, 1.165) is 5.56 Å². The van der Waals surface area contributed by atoms with E-state index in [1.54, 1.807) is 54.6 Å². The van der Waals surface area contributed by atoms with Gasteiger partial charge in [0.25, 0.3) is 5.91 Å². The highest BCUT2D eigenvalue weighted by Crippen LogP contribution is 2.30. The van der Waals surface area contributed by atoms with E-state index < -0.39 is 5.91 Å². The smallest absolute Gasteiger partial charge is 0.255 e. The Hall–Kier alpha value is -3.71. The summed E-state index contributed by atoms with van der Waals surface area (Å²) in [5.74, 6) is 0.646. The van der Waals surface area contributed by atoms with Gasteiger partial charge in [0.2, 0.25) is 5.91 Å². The summed E-state index contributed by atoms with van der Waals surface area (Å²) in [4.78, 5) is 25.1. The second-order valence-corrected chi connectivity index (χ2v) is 7.66. The van der Waals surface area contributed by atoms with E-state index in [1.165, 1.54) is 14.2 Å². The van der Waals surface area contributed by atoms with E-state index in [9.17, 15) is 9.59 Å². The van der Waals surface area contributed by atoms with Gasteiger partial charge in [0, 0.05) is 28.3 Å². The van der Waals surface area contributed by atoms with Gasteiger partial charge in [-0.2, -0.15) is 0 Å². The number of hydrogen-bond acceptors (Lipinski definition) is 5. The number of rotatable bonds is 9. The normalized spacial score (nSPS) is 10.4. The molecule has 0 heterocycles. The van der Waals surface area contributed by atoms with Crippen molar-refractivity contribution in [3.63, 3.8) is 0 Å². The lowest BCUT2D eigenvalue weighted by atomic mass is 9.98. The van der Waals surface area contributed by atoms with Crippen LogP contribution in [-0.2, 0) is 6.42 Å². The molecule has 0 aliphatic rings. The fraction of sp³-hybridized carbons (Fsp3) is 0.200. The third kappa shape index (κ3) is 5.75. The number of methoxy groups -OCH3 is 2. The first-order chi connectivity index (χ1) is 15.8. The van der Waals surface area contributed by atoms with Crippen LogP contribution in [0.15, 0.2) is 54.6 Å². The molecule has 8 heteroatoms. The number of anilines is 1. The van der Waals surface area contributed by atoms with Gasteiger partial charge in [-0.05, 0) is 66.6 Å². The minimum Gasteiger partial charge on any atom is -0.493 e. The van der Waals surface area contributed by atoms with Gasteiger partial charge in [0.05, 0.1) is 20.8 Å². The Balaban J connectivity index is 1.87. The highest BCUT2D eigenvalue weighted by atomic mass is 35.5. The highest BCUT2D eigenvalue weighted by molar-refractivity contribution is 6.30. The molecule has 3 rings (SSSR count). The first-order valence-corrected chi connectivity index (χ1v) is 10.6. The lowest BCUT2D eigenvalue weighted by molar-refractivity contribution is 0.0995. The van der Waals surface area contributed by atoms with Gasteiger partial charge >= 0.3 is 0 Å². The van der Waals surface area contributed by atoms with Crippen LogP contribution in [0.2, 0.25) is 5.02 Å². The van der Waals surface area contributed by atoms with Gasteiger partial charge in [-0.15, -0.1) is 0 Å². The lowest BCUT2D eigenvalue weighted by Gasteiger charge is -2.18. The van der Waals surface area contributed by atoms with Crippen LogP contribution in [0.1, 0.15) is 31.8 Å². The molecule has 0 saturated heterocycles. The Morgan fingerprint density at radius 2 is 1.67 bits per heavy atom. The molecule has 3 aromatic carbocycles. The Morgan fingerprint density at radius 1 is 0.970 bits per heavy atom. The van der Waals surface area contributed by atoms with Crippen LogP contribution in [0.3, 0.4) is 0 Å². The molecule has 0 unspecified atom stereocenters. The summed E-state index contributed by atoms with van der Waals surface area (Å²) in [7, 11) is 3.02. The number of amides is 2. The summed E-state index contributed by atoms with van der Waals surface area (Å²) in [6.07, 6.45) is 0.351. The second kappa shape index (κ2) is 10.7. The van der Waals surface area contributed by atoms with Crippen LogP contribution in [0.4, 0.5) is 5.69 Å². The number of carbonyl (C=O) groups is 2. The molecule has 3 aromatic rings. The first kappa shape index (κ1) is 23.9. The Bertz CT molecular complexity index is 1160. The summed E-state index contributed by atoms with van der Waals surface area (Å²) in [6.45, 7) is 2.11. The number of primary amides is 1. The Kier molecular flexibility index (Phi) is 7.79. The molecule has 0 radical (unpaired) electrons. The summed E-state index contributed by atoms with van der Waals surface area (Å²) >= 11 is 5.91. The molecule has 2 amide bonds. The third-order valence-corrected chi connectivity index (χ3v) is 5.36. The molecular weight excluding hydrogens is 444 g/mol. The molecule has 0 atom stereocenters. The molecule has 0 bridgehead atoms. The number of nitrogens with one attached hydrogen (secondary N) is 1.